The van der Waals surface area contributed by atoms with Gasteiger partial charge >= 0.3 is 0 Å². The SMILES string of the molecule is Nc1c(NCc2ccco2)ncnc1N1CCCc2ccccc21. The lowest BCUT2D eigenvalue weighted by Gasteiger charge is -2.31. The highest BCUT2D eigenvalue weighted by atomic mass is 16.3. The number of para-hydroxylation sites is 1. The first-order chi connectivity index (χ1) is 11.8. The van der Waals surface area contributed by atoms with Gasteiger partial charge in [-0.2, -0.15) is 0 Å². The van der Waals surface area contributed by atoms with Crippen molar-refractivity contribution in [3.05, 3.63) is 60.3 Å². The molecule has 0 saturated heterocycles. The molecular formula is C18H19N5O. The van der Waals surface area contributed by atoms with E-state index in [1.54, 1.807) is 12.6 Å². The molecule has 3 N–H and O–H groups in total. The Balaban J connectivity index is 1.64. The molecule has 1 aliphatic rings. The van der Waals surface area contributed by atoms with E-state index in [-0.39, 0.29) is 0 Å². The number of furan rings is 1. The van der Waals surface area contributed by atoms with Crippen LogP contribution in [0.4, 0.5) is 23.0 Å². The number of hydrogen-bond donors (Lipinski definition) is 2. The van der Waals surface area contributed by atoms with Gasteiger partial charge in [-0.25, -0.2) is 9.97 Å². The van der Waals surface area contributed by atoms with E-state index in [4.69, 9.17) is 10.2 Å². The van der Waals surface area contributed by atoms with E-state index in [1.807, 2.05) is 18.2 Å². The van der Waals surface area contributed by atoms with E-state index in [1.165, 1.54) is 11.3 Å². The first kappa shape index (κ1) is 14.6. The van der Waals surface area contributed by atoms with Crippen LogP contribution in [-0.4, -0.2) is 16.5 Å². The fourth-order valence-corrected chi connectivity index (χ4v) is 3.08. The molecule has 6 nitrogen and oxygen atoms in total. The number of fused-ring (bicyclic) bond motifs is 1. The van der Waals surface area contributed by atoms with Crippen molar-refractivity contribution in [3.63, 3.8) is 0 Å². The maximum atomic E-state index is 6.35. The fourth-order valence-electron chi connectivity index (χ4n) is 3.08. The molecule has 2 aromatic heterocycles. The van der Waals surface area contributed by atoms with Crippen LogP contribution in [0.1, 0.15) is 17.7 Å². The van der Waals surface area contributed by atoms with Gasteiger partial charge in [0.1, 0.15) is 17.8 Å². The number of aryl methyl sites for hydroxylation is 1. The molecule has 3 heterocycles. The van der Waals surface area contributed by atoms with Crippen LogP contribution in [0.25, 0.3) is 0 Å². The van der Waals surface area contributed by atoms with E-state index in [2.05, 4.69) is 38.4 Å². The molecule has 0 aliphatic carbocycles. The number of hydrogen-bond acceptors (Lipinski definition) is 6. The summed E-state index contributed by atoms with van der Waals surface area (Å²) in [5.74, 6) is 2.21. The maximum absolute atomic E-state index is 6.35. The second-order valence-electron chi connectivity index (χ2n) is 5.78. The van der Waals surface area contributed by atoms with E-state index < -0.39 is 0 Å². The van der Waals surface area contributed by atoms with Crippen LogP contribution in [-0.2, 0) is 13.0 Å². The summed E-state index contributed by atoms with van der Waals surface area (Å²) in [4.78, 5) is 10.9. The van der Waals surface area contributed by atoms with Crippen LogP contribution in [0.15, 0.2) is 53.4 Å². The van der Waals surface area contributed by atoms with Crippen molar-refractivity contribution in [1.82, 2.24) is 9.97 Å². The first-order valence-electron chi connectivity index (χ1n) is 8.05. The van der Waals surface area contributed by atoms with Gasteiger partial charge in [0, 0.05) is 12.2 Å². The van der Waals surface area contributed by atoms with Crippen molar-refractivity contribution in [2.45, 2.75) is 19.4 Å². The van der Waals surface area contributed by atoms with E-state index in [9.17, 15) is 0 Å². The highest BCUT2D eigenvalue weighted by Crippen LogP contribution is 2.36. The number of anilines is 4. The minimum absolute atomic E-state index is 0.532. The van der Waals surface area contributed by atoms with Crippen molar-refractivity contribution in [2.75, 3.05) is 22.5 Å². The highest BCUT2D eigenvalue weighted by molar-refractivity contribution is 5.80. The topological polar surface area (TPSA) is 80.2 Å². The first-order valence-corrected chi connectivity index (χ1v) is 8.05. The average Bonchev–Trinajstić information content (AvgIpc) is 3.14. The standard InChI is InChI=1S/C18H19N5O/c19-16-17(20-11-14-7-4-10-24-14)21-12-22-18(16)23-9-3-6-13-5-1-2-8-15(13)23/h1-2,4-5,7-8,10,12H,3,6,9,11,19H2,(H,20,21,22). The molecule has 4 rings (SSSR count). The number of rotatable bonds is 4. The summed E-state index contributed by atoms with van der Waals surface area (Å²) in [6.07, 6.45) is 5.36. The molecule has 0 atom stereocenters. The number of nitrogen functional groups attached to an aromatic ring is 1. The van der Waals surface area contributed by atoms with Crippen molar-refractivity contribution in [3.8, 4) is 0 Å². The molecule has 0 radical (unpaired) electrons. The molecule has 1 aromatic carbocycles. The van der Waals surface area contributed by atoms with Crippen molar-refractivity contribution < 1.29 is 4.42 Å². The minimum atomic E-state index is 0.532. The second kappa shape index (κ2) is 6.23. The second-order valence-corrected chi connectivity index (χ2v) is 5.78. The van der Waals surface area contributed by atoms with Gasteiger partial charge in [-0.3, -0.25) is 0 Å². The predicted octanol–water partition coefficient (Wildman–Crippen LogP) is 3.35. The Labute approximate surface area is 140 Å². The largest absolute Gasteiger partial charge is 0.467 e. The van der Waals surface area contributed by atoms with Crippen LogP contribution in [0, 0.1) is 0 Å². The van der Waals surface area contributed by atoms with Gasteiger partial charge in [-0.15, -0.1) is 0 Å². The maximum Gasteiger partial charge on any atom is 0.161 e. The molecular weight excluding hydrogens is 302 g/mol. The molecule has 3 aromatic rings. The zero-order chi connectivity index (χ0) is 16.4. The monoisotopic (exact) mass is 321 g/mol. The van der Waals surface area contributed by atoms with Gasteiger partial charge in [0.2, 0.25) is 0 Å². The molecule has 0 unspecified atom stereocenters. The number of nitrogens with zero attached hydrogens (tertiary/aromatic N) is 3. The summed E-state index contributed by atoms with van der Waals surface area (Å²) >= 11 is 0. The van der Waals surface area contributed by atoms with Crippen LogP contribution < -0.4 is 16.0 Å². The summed E-state index contributed by atoms with van der Waals surface area (Å²) in [6, 6.07) is 12.2. The number of nitrogens with one attached hydrogen (secondary N) is 1. The summed E-state index contributed by atoms with van der Waals surface area (Å²) < 4.78 is 5.33. The fraction of sp³-hybridized carbons (Fsp3) is 0.222. The molecule has 0 saturated carbocycles. The lowest BCUT2D eigenvalue weighted by molar-refractivity contribution is 0.518. The summed E-state index contributed by atoms with van der Waals surface area (Å²) in [5, 5.41) is 3.22. The highest BCUT2D eigenvalue weighted by Gasteiger charge is 2.22. The normalized spacial score (nSPS) is 13.6. The minimum Gasteiger partial charge on any atom is -0.467 e. The van der Waals surface area contributed by atoms with Gasteiger partial charge in [-0.1, -0.05) is 18.2 Å². The third-order valence-corrected chi connectivity index (χ3v) is 4.24. The third-order valence-electron chi connectivity index (χ3n) is 4.24. The van der Waals surface area contributed by atoms with Gasteiger partial charge in [0.05, 0.1) is 12.8 Å². The number of benzene rings is 1. The summed E-state index contributed by atoms with van der Waals surface area (Å²) in [7, 11) is 0. The van der Waals surface area contributed by atoms with Gasteiger partial charge < -0.3 is 20.4 Å². The Morgan fingerprint density at radius 1 is 1.17 bits per heavy atom. The summed E-state index contributed by atoms with van der Waals surface area (Å²) in [5.41, 5.74) is 9.41. The molecule has 1 aliphatic heterocycles. The quantitative estimate of drug-likeness (QED) is 0.767. The molecule has 0 bridgehead atoms. The molecule has 6 heteroatoms. The van der Waals surface area contributed by atoms with Crippen molar-refractivity contribution >= 4 is 23.0 Å². The summed E-state index contributed by atoms with van der Waals surface area (Å²) in [6.45, 7) is 1.43. The lowest BCUT2D eigenvalue weighted by atomic mass is 10.0. The zero-order valence-corrected chi connectivity index (χ0v) is 13.3. The third kappa shape index (κ3) is 2.67. The van der Waals surface area contributed by atoms with Crippen LogP contribution >= 0.6 is 0 Å². The van der Waals surface area contributed by atoms with Gasteiger partial charge in [0.15, 0.2) is 11.6 Å². The Hall–Kier alpha value is -3.02. The molecule has 0 amide bonds. The number of aromatic nitrogens is 2. The van der Waals surface area contributed by atoms with Crippen LogP contribution in [0.5, 0.6) is 0 Å². The van der Waals surface area contributed by atoms with E-state index in [0.29, 0.717) is 18.1 Å². The Bertz CT molecular complexity index is 831. The van der Waals surface area contributed by atoms with Crippen LogP contribution in [0.2, 0.25) is 0 Å². The van der Waals surface area contributed by atoms with Crippen molar-refractivity contribution in [1.29, 1.82) is 0 Å². The van der Waals surface area contributed by atoms with Crippen LogP contribution in [0.3, 0.4) is 0 Å². The molecule has 122 valence electrons. The van der Waals surface area contributed by atoms with Gasteiger partial charge in [0.25, 0.3) is 0 Å². The smallest absolute Gasteiger partial charge is 0.161 e. The zero-order valence-electron chi connectivity index (χ0n) is 13.3. The average molecular weight is 321 g/mol. The van der Waals surface area contributed by atoms with E-state index >= 15 is 0 Å². The van der Waals surface area contributed by atoms with E-state index in [0.717, 1.165) is 31.0 Å². The predicted molar refractivity (Wildman–Crippen MR) is 94.2 cm³/mol. The lowest BCUT2D eigenvalue weighted by Crippen LogP contribution is -2.26. The Morgan fingerprint density at radius 2 is 2.08 bits per heavy atom. The Kier molecular flexibility index (Phi) is 3.78. The molecule has 0 fully saturated rings. The molecule has 24 heavy (non-hydrogen) atoms. The molecule has 0 spiro atoms. The van der Waals surface area contributed by atoms with Crippen molar-refractivity contribution in [2.24, 2.45) is 0 Å². The van der Waals surface area contributed by atoms with Gasteiger partial charge in [-0.05, 0) is 36.6 Å². The number of nitrogens with two attached hydrogens (primary N) is 1. The Morgan fingerprint density at radius 3 is 2.96 bits per heavy atom.